The number of likely N-dealkylation sites (N-methyl/N-ethyl adjacent to an activating group) is 1. The van der Waals surface area contributed by atoms with Gasteiger partial charge in [-0.15, -0.1) is 0 Å². The van der Waals surface area contributed by atoms with Gasteiger partial charge < -0.3 is 15.1 Å². The zero-order valence-corrected chi connectivity index (χ0v) is 12.2. The number of hydrogen-bond acceptors (Lipinski definition) is 5. The smallest absolute Gasteiger partial charge is 0.253 e. The van der Waals surface area contributed by atoms with E-state index < -0.39 is 0 Å². The highest BCUT2D eigenvalue weighted by atomic mass is 35.5. The zero-order chi connectivity index (χ0) is 14.5. The van der Waals surface area contributed by atoms with Gasteiger partial charge in [-0.2, -0.15) is 0 Å². The monoisotopic (exact) mass is 298 g/mol. The lowest BCUT2D eigenvalue weighted by Crippen LogP contribution is -2.37. The molecule has 0 aliphatic carbocycles. The molecule has 1 aliphatic heterocycles. The van der Waals surface area contributed by atoms with Gasteiger partial charge in [-0.1, -0.05) is 11.6 Å². The van der Waals surface area contributed by atoms with E-state index in [-0.39, 0.29) is 17.2 Å². The molecule has 2 heterocycles. The summed E-state index contributed by atoms with van der Waals surface area (Å²) < 4.78 is 5.64. The fourth-order valence-corrected chi connectivity index (χ4v) is 2.46. The molecule has 1 saturated heterocycles. The molecule has 0 aromatic carbocycles. The lowest BCUT2D eigenvalue weighted by molar-refractivity contribution is -0.000187. The van der Waals surface area contributed by atoms with Crippen molar-refractivity contribution in [3.63, 3.8) is 0 Å². The van der Waals surface area contributed by atoms with Crippen LogP contribution in [0.3, 0.4) is 0 Å². The summed E-state index contributed by atoms with van der Waals surface area (Å²) >= 11 is 5.87. The minimum atomic E-state index is -0.125. The molecule has 110 valence electrons. The van der Waals surface area contributed by atoms with E-state index in [4.69, 9.17) is 22.2 Å². The van der Waals surface area contributed by atoms with Gasteiger partial charge in [-0.3, -0.25) is 4.79 Å². The Hall–Kier alpha value is -1.37. The number of hydrazine groups is 1. The SMILES string of the molecule is CN(CC1CCCCO1)C(=O)c1cc(Cl)nc(NN)c1. The normalized spacial score (nSPS) is 18.6. The van der Waals surface area contributed by atoms with E-state index in [0.29, 0.717) is 17.9 Å². The number of halogens is 1. The largest absolute Gasteiger partial charge is 0.376 e. The van der Waals surface area contributed by atoms with Crippen molar-refractivity contribution >= 4 is 23.3 Å². The Morgan fingerprint density at radius 2 is 2.40 bits per heavy atom. The average Bonchev–Trinajstić information content (AvgIpc) is 2.46. The van der Waals surface area contributed by atoms with Gasteiger partial charge in [0.2, 0.25) is 0 Å². The summed E-state index contributed by atoms with van der Waals surface area (Å²) in [5.41, 5.74) is 2.85. The number of amides is 1. The van der Waals surface area contributed by atoms with E-state index in [1.807, 2.05) is 0 Å². The second kappa shape index (κ2) is 6.88. The van der Waals surface area contributed by atoms with Crippen LogP contribution in [0, 0.1) is 0 Å². The molecule has 2 rings (SSSR count). The molecule has 0 radical (unpaired) electrons. The van der Waals surface area contributed by atoms with Crippen molar-refractivity contribution in [1.82, 2.24) is 9.88 Å². The van der Waals surface area contributed by atoms with Crippen molar-refractivity contribution in [2.75, 3.05) is 25.6 Å². The molecule has 3 N–H and O–H groups in total. The molecule has 1 aromatic rings. The van der Waals surface area contributed by atoms with Crippen LogP contribution in [-0.2, 0) is 4.74 Å². The first kappa shape index (κ1) is 15.0. The molecular weight excluding hydrogens is 280 g/mol. The number of aromatic nitrogens is 1. The molecule has 7 heteroatoms. The van der Waals surface area contributed by atoms with Crippen molar-refractivity contribution in [3.8, 4) is 0 Å². The van der Waals surface area contributed by atoms with Gasteiger partial charge in [-0.25, -0.2) is 10.8 Å². The van der Waals surface area contributed by atoms with Crippen LogP contribution in [-0.4, -0.2) is 42.1 Å². The fourth-order valence-electron chi connectivity index (χ4n) is 2.25. The van der Waals surface area contributed by atoms with Crippen molar-refractivity contribution in [3.05, 3.63) is 22.8 Å². The molecule has 20 heavy (non-hydrogen) atoms. The predicted molar refractivity (Wildman–Crippen MR) is 77.6 cm³/mol. The quantitative estimate of drug-likeness (QED) is 0.502. The molecule has 0 bridgehead atoms. The minimum absolute atomic E-state index is 0.113. The van der Waals surface area contributed by atoms with Gasteiger partial charge in [0.1, 0.15) is 11.0 Å². The number of pyridine rings is 1. The van der Waals surface area contributed by atoms with E-state index in [2.05, 4.69) is 10.4 Å². The molecule has 0 spiro atoms. The molecule has 1 fully saturated rings. The number of carbonyl (C=O) groups is 1. The van der Waals surface area contributed by atoms with E-state index >= 15 is 0 Å². The highest BCUT2D eigenvalue weighted by molar-refractivity contribution is 6.29. The summed E-state index contributed by atoms with van der Waals surface area (Å²) in [6.07, 6.45) is 3.35. The molecule has 1 amide bonds. The van der Waals surface area contributed by atoms with Gasteiger partial charge in [0, 0.05) is 25.8 Å². The maximum absolute atomic E-state index is 12.4. The zero-order valence-electron chi connectivity index (χ0n) is 11.4. The Kier molecular flexibility index (Phi) is 5.17. The van der Waals surface area contributed by atoms with Crippen LogP contribution >= 0.6 is 11.6 Å². The first-order valence-corrected chi connectivity index (χ1v) is 6.99. The third kappa shape index (κ3) is 3.82. The third-order valence-corrected chi connectivity index (χ3v) is 3.48. The lowest BCUT2D eigenvalue weighted by Gasteiger charge is -2.27. The topological polar surface area (TPSA) is 80.5 Å². The van der Waals surface area contributed by atoms with Gasteiger partial charge in [0.15, 0.2) is 0 Å². The predicted octanol–water partition coefficient (Wildman–Crippen LogP) is 1.66. The number of ether oxygens (including phenoxy) is 1. The summed E-state index contributed by atoms with van der Waals surface area (Å²) in [7, 11) is 1.75. The van der Waals surface area contributed by atoms with Crippen LogP contribution in [0.4, 0.5) is 5.82 Å². The third-order valence-electron chi connectivity index (χ3n) is 3.29. The van der Waals surface area contributed by atoms with Crippen molar-refractivity contribution in [2.45, 2.75) is 25.4 Å². The average molecular weight is 299 g/mol. The van der Waals surface area contributed by atoms with E-state index in [9.17, 15) is 4.79 Å². The Labute approximate surface area is 123 Å². The number of carbonyl (C=O) groups excluding carboxylic acids is 1. The van der Waals surface area contributed by atoms with Crippen LogP contribution in [0.1, 0.15) is 29.6 Å². The van der Waals surface area contributed by atoms with Crippen LogP contribution in [0.25, 0.3) is 0 Å². The van der Waals surface area contributed by atoms with Gasteiger partial charge in [-0.05, 0) is 31.4 Å². The first-order chi connectivity index (χ1) is 9.60. The van der Waals surface area contributed by atoms with Crippen molar-refractivity contribution < 1.29 is 9.53 Å². The molecule has 6 nitrogen and oxygen atoms in total. The highest BCUT2D eigenvalue weighted by Gasteiger charge is 2.20. The Morgan fingerprint density at radius 1 is 1.60 bits per heavy atom. The second-order valence-electron chi connectivity index (χ2n) is 4.88. The van der Waals surface area contributed by atoms with Crippen LogP contribution in [0.15, 0.2) is 12.1 Å². The first-order valence-electron chi connectivity index (χ1n) is 6.61. The number of nitrogen functional groups attached to an aromatic ring is 1. The molecular formula is C13H19ClN4O2. The maximum Gasteiger partial charge on any atom is 0.253 e. The fraction of sp³-hybridized carbons (Fsp3) is 0.538. The number of anilines is 1. The minimum Gasteiger partial charge on any atom is -0.376 e. The summed E-state index contributed by atoms with van der Waals surface area (Å²) in [6.45, 7) is 1.35. The van der Waals surface area contributed by atoms with Gasteiger partial charge >= 0.3 is 0 Å². The van der Waals surface area contributed by atoms with Gasteiger partial charge in [0.05, 0.1) is 6.10 Å². The van der Waals surface area contributed by atoms with E-state index in [0.717, 1.165) is 25.9 Å². The van der Waals surface area contributed by atoms with E-state index in [1.54, 1.807) is 18.0 Å². The van der Waals surface area contributed by atoms with Crippen LogP contribution in [0.2, 0.25) is 5.15 Å². The number of nitrogens with two attached hydrogens (primary N) is 1. The van der Waals surface area contributed by atoms with Crippen LogP contribution in [0.5, 0.6) is 0 Å². The number of rotatable bonds is 4. The summed E-state index contributed by atoms with van der Waals surface area (Å²) in [5.74, 6) is 5.54. The number of hydrogen-bond donors (Lipinski definition) is 2. The van der Waals surface area contributed by atoms with Crippen molar-refractivity contribution in [2.24, 2.45) is 5.84 Å². The number of nitrogens with one attached hydrogen (secondary N) is 1. The summed E-state index contributed by atoms with van der Waals surface area (Å²) in [5, 5.41) is 0.228. The molecule has 1 unspecified atom stereocenters. The second-order valence-corrected chi connectivity index (χ2v) is 5.27. The number of nitrogens with zero attached hydrogens (tertiary/aromatic N) is 2. The summed E-state index contributed by atoms with van der Waals surface area (Å²) in [6, 6.07) is 3.11. The van der Waals surface area contributed by atoms with Crippen LogP contribution < -0.4 is 11.3 Å². The maximum atomic E-state index is 12.4. The highest BCUT2D eigenvalue weighted by Crippen LogP contribution is 2.17. The molecule has 1 aliphatic rings. The standard InChI is InChI=1S/C13H19ClN4O2/c1-18(8-10-4-2-3-5-20-10)13(19)9-6-11(14)16-12(7-9)17-15/h6-7,10H,2-5,8,15H2,1H3,(H,16,17). The van der Waals surface area contributed by atoms with Crippen molar-refractivity contribution in [1.29, 1.82) is 0 Å². The van der Waals surface area contributed by atoms with E-state index in [1.165, 1.54) is 6.07 Å². The molecule has 1 aromatic heterocycles. The Morgan fingerprint density at radius 3 is 3.05 bits per heavy atom. The molecule has 0 saturated carbocycles. The van der Waals surface area contributed by atoms with Gasteiger partial charge in [0.25, 0.3) is 5.91 Å². The molecule has 1 atom stereocenters. The Bertz CT molecular complexity index is 477. The lowest BCUT2D eigenvalue weighted by atomic mass is 10.1. The summed E-state index contributed by atoms with van der Waals surface area (Å²) in [4.78, 5) is 17.9. The Balaban J connectivity index is 2.03.